The summed E-state index contributed by atoms with van der Waals surface area (Å²) < 4.78 is 9.59. The zero-order chi connectivity index (χ0) is 11.2. The first-order chi connectivity index (χ1) is 7.88. The van der Waals surface area contributed by atoms with Gasteiger partial charge in [-0.05, 0) is 5.56 Å². The van der Waals surface area contributed by atoms with E-state index in [1.165, 1.54) is 6.39 Å². The predicted octanol–water partition coefficient (Wildman–Crippen LogP) is 0.763. The van der Waals surface area contributed by atoms with Crippen LogP contribution in [-0.2, 0) is 13.1 Å². The molecule has 16 heavy (non-hydrogen) atoms. The number of rotatable bonds is 5. The average Bonchev–Trinajstić information content (AvgIpc) is 2.83. The Bertz CT molecular complexity index is 413. The number of ether oxygens (including phenoxy) is 1. The molecule has 0 fully saturated rings. The molecule has 2 aromatic rings. The maximum atomic E-state index is 4.97. The van der Waals surface area contributed by atoms with E-state index in [2.05, 4.69) is 25.0 Å². The topological polar surface area (TPSA) is 73.1 Å². The average molecular weight is 220 g/mol. The van der Waals surface area contributed by atoms with E-state index in [1.54, 1.807) is 13.3 Å². The molecule has 6 nitrogen and oxygen atoms in total. The second kappa shape index (κ2) is 5.22. The van der Waals surface area contributed by atoms with E-state index in [0.29, 0.717) is 24.8 Å². The molecule has 0 aromatic carbocycles. The van der Waals surface area contributed by atoms with Gasteiger partial charge in [0, 0.05) is 18.8 Å². The highest BCUT2D eigenvalue weighted by atomic mass is 16.5. The molecule has 84 valence electrons. The highest BCUT2D eigenvalue weighted by Gasteiger charge is 1.98. The van der Waals surface area contributed by atoms with Gasteiger partial charge < -0.3 is 14.6 Å². The molecule has 0 saturated carbocycles. The van der Waals surface area contributed by atoms with E-state index < -0.39 is 0 Å². The van der Waals surface area contributed by atoms with Crippen molar-refractivity contribution in [2.24, 2.45) is 0 Å². The van der Waals surface area contributed by atoms with E-state index in [4.69, 9.17) is 4.74 Å². The van der Waals surface area contributed by atoms with Crippen LogP contribution in [0.1, 0.15) is 11.4 Å². The number of pyridine rings is 1. The summed E-state index contributed by atoms with van der Waals surface area (Å²) in [5.74, 6) is 1.25. The number of nitrogens with zero attached hydrogens (tertiary/aromatic N) is 3. The van der Waals surface area contributed by atoms with Crippen molar-refractivity contribution in [1.29, 1.82) is 0 Å². The van der Waals surface area contributed by atoms with Gasteiger partial charge in [-0.2, -0.15) is 4.98 Å². The monoisotopic (exact) mass is 220 g/mol. The predicted molar refractivity (Wildman–Crippen MR) is 55.6 cm³/mol. The second-order valence-corrected chi connectivity index (χ2v) is 3.16. The fourth-order valence-corrected chi connectivity index (χ4v) is 1.23. The fraction of sp³-hybridized carbons (Fsp3) is 0.300. The lowest BCUT2D eigenvalue weighted by Gasteiger charge is -2.03. The van der Waals surface area contributed by atoms with Crippen LogP contribution in [0.15, 0.2) is 29.2 Å². The van der Waals surface area contributed by atoms with Gasteiger partial charge in [-0.25, -0.2) is 4.98 Å². The van der Waals surface area contributed by atoms with E-state index >= 15 is 0 Å². The number of hydrogen-bond donors (Lipinski definition) is 1. The molecule has 2 heterocycles. The Hall–Kier alpha value is -1.95. The first-order valence-corrected chi connectivity index (χ1v) is 4.83. The molecule has 0 aliphatic heterocycles. The van der Waals surface area contributed by atoms with Gasteiger partial charge in [0.25, 0.3) is 0 Å². The van der Waals surface area contributed by atoms with Gasteiger partial charge in [-0.1, -0.05) is 11.2 Å². The Morgan fingerprint density at radius 1 is 1.31 bits per heavy atom. The third kappa shape index (κ3) is 2.77. The van der Waals surface area contributed by atoms with Crippen molar-refractivity contribution in [3.63, 3.8) is 0 Å². The molecule has 0 spiro atoms. The van der Waals surface area contributed by atoms with Crippen LogP contribution < -0.4 is 10.1 Å². The molecule has 0 radical (unpaired) electrons. The van der Waals surface area contributed by atoms with Gasteiger partial charge >= 0.3 is 0 Å². The molecule has 0 aliphatic carbocycles. The minimum absolute atomic E-state index is 0.572. The largest absolute Gasteiger partial charge is 0.481 e. The van der Waals surface area contributed by atoms with Crippen LogP contribution in [0.3, 0.4) is 0 Å². The second-order valence-electron chi connectivity index (χ2n) is 3.16. The molecule has 0 atom stereocenters. The first-order valence-electron chi connectivity index (χ1n) is 4.83. The van der Waals surface area contributed by atoms with E-state index in [-0.39, 0.29) is 0 Å². The molecular weight excluding hydrogens is 208 g/mol. The van der Waals surface area contributed by atoms with Crippen molar-refractivity contribution in [3.05, 3.63) is 36.1 Å². The van der Waals surface area contributed by atoms with Gasteiger partial charge in [-0.15, -0.1) is 0 Å². The van der Waals surface area contributed by atoms with Crippen LogP contribution in [-0.4, -0.2) is 22.2 Å². The fourth-order valence-electron chi connectivity index (χ4n) is 1.23. The van der Waals surface area contributed by atoms with Crippen LogP contribution >= 0.6 is 0 Å². The van der Waals surface area contributed by atoms with Gasteiger partial charge in [0.05, 0.1) is 13.7 Å². The molecule has 2 rings (SSSR count). The van der Waals surface area contributed by atoms with Crippen molar-refractivity contribution < 1.29 is 9.26 Å². The van der Waals surface area contributed by atoms with E-state index in [9.17, 15) is 0 Å². The van der Waals surface area contributed by atoms with Crippen molar-refractivity contribution in [3.8, 4) is 5.88 Å². The summed E-state index contributed by atoms with van der Waals surface area (Å²) in [6.07, 6.45) is 3.08. The minimum Gasteiger partial charge on any atom is -0.481 e. The molecule has 0 bridgehead atoms. The van der Waals surface area contributed by atoms with Crippen molar-refractivity contribution in [2.75, 3.05) is 7.11 Å². The standard InChI is InChI=1S/C10H12N4O2/c1-15-10-3-2-8(5-12-10)4-11-6-9-13-7-16-14-9/h2-3,5,7,11H,4,6H2,1H3. The summed E-state index contributed by atoms with van der Waals surface area (Å²) in [6, 6.07) is 3.78. The molecule has 1 N–H and O–H groups in total. The van der Waals surface area contributed by atoms with Crippen molar-refractivity contribution >= 4 is 0 Å². The Kier molecular flexibility index (Phi) is 3.45. The maximum absolute atomic E-state index is 4.97. The highest BCUT2D eigenvalue weighted by Crippen LogP contribution is 2.06. The van der Waals surface area contributed by atoms with Gasteiger partial charge in [-0.3, -0.25) is 0 Å². The SMILES string of the molecule is COc1ccc(CNCc2ncon2)cn1. The lowest BCUT2D eigenvalue weighted by molar-refractivity contribution is 0.397. The normalized spacial score (nSPS) is 10.3. The van der Waals surface area contributed by atoms with Gasteiger partial charge in [0.1, 0.15) is 0 Å². The third-order valence-corrected chi connectivity index (χ3v) is 2.03. The Labute approximate surface area is 92.7 Å². The Morgan fingerprint density at radius 3 is 2.88 bits per heavy atom. The smallest absolute Gasteiger partial charge is 0.213 e. The molecule has 0 unspecified atom stereocenters. The van der Waals surface area contributed by atoms with Crippen molar-refractivity contribution in [2.45, 2.75) is 13.1 Å². The first kappa shape index (κ1) is 10.6. The van der Waals surface area contributed by atoms with Crippen molar-refractivity contribution in [1.82, 2.24) is 20.4 Å². The number of methoxy groups -OCH3 is 1. The summed E-state index contributed by atoms with van der Waals surface area (Å²) in [4.78, 5) is 8.00. The Balaban J connectivity index is 1.81. The van der Waals surface area contributed by atoms with Gasteiger partial charge in [0.15, 0.2) is 5.82 Å². The van der Waals surface area contributed by atoms with Crippen LogP contribution in [0.25, 0.3) is 0 Å². The summed E-state index contributed by atoms with van der Waals surface area (Å²) in [5.41, 5.74) is 1.07. The lowest BCUT2D eigenvalue weighted by atomic mass is 10.3. The molecular formula is C10H12N4O2. The molecule has 0 aliphatic rings. The van der Waals surface area contributed by atoms with Gasteiger partial charge in [0.2, 0.25) is 12.3 Å². The maximum Gasteiger partial charge on any atom is 0.213 e. The number of hydrogen-bond acceptors (Lipinski definition) is 6. The van der Waals surface area contributed by atoms with Crippen LogP contribution in [0.4, 0.5) is 0 Å². The number of nitrogens with one attached hydrogen (secondary N) is 1. The van der Waals surface area contributed by atoms with Crippen LogP contribution in [0.5, 0.6) is 5.88 Å². The summed E-state index contributed by atoms with van der Waals surface area (Å²) in [5, 5.41) is 6.87. The minimum atomic E-state index is 0.572. The molecule has 0 saturated heterocycles. The summed E-state index contributed by atoms with van der Waals surface area (Å²) in [7, 11) is 1.59. The van der Waals surface area contributed by atoms with Crippen LogP contribution in [0, 0.1) is 0 Å². The quantitative estimate of drug-likeness (QED) is 0.802. The van der Waals surface area contributed by atoms with E-state index in [0.717, 1.165) is 5.56 Å². The van der Waals surface area contributed by atoms with E-state index in [1.807, 2.05) is 12.1 Å². The number of aromatic nitrogens is 3. The highest BCUT2D eigenvalue weighted by molar-refractivity contribution is 5.17. The zero-order valence-corrected chi connectivity index (χ0v) is 8.88. The van der Waals surface area contributed by atoms with Crippen LogP contribution in [0.2, 0.25) is 0 Å². The summed E-state index contributed by atoms with van der Waals surface area (Å²) in [6.45, 7) is 1.27. The third-order valence-electron chi connectivity index (χ3n) is 2.03. The molecule has 2 aromatic heterocycles. The lowest BCUT2D eigenvalue weighted by Crippen LogP contribution is -2.13. The Morgan fingerprint density at radius 2 is 2.25 bits per heavy atom. The summed E-state index contributed by atoms with van der Waals surface area (Å²) >= 11 is 0. The zero-order valence-electron chi connectivity index (χ0n) is 8.88. The molecule has 0 amide bonds. The molecule has 6 heteroatoms.